The Morgan fingerprint density at radius 2 is 1.61 bits per heavy atom. The number of carboxylic acid groups (broad SMARTS) is 1. The summed E-state index contributed by atoms with van der Waals surface area (Å²) in [6.45, 7) is 5.29. The SMILES string of the molecule is CCC[C@H](CC(=O)NCC(C)(C)C(=O)O)NC(=O)OCC1c2ccccc2-c2ccccc21. The van der Waals surface area contributed by atoms with E-state index in [1.807, 2.05) is 31.2 Å². The molecular formula is C26H32N2O5. The van der Waals surface area contributed by atoms with Gasteiger partial charge in [0.25, 0.3) is 0 Å². The number of amides is 2. The number of nitrogens with one attached hydrogen (secondary N) is 2. The Labute approximate surface area is 194 Å². The minimum Gasteiger partial charge on any atom is -0.481 e. The highest BCUT2D eigenvalue weighted by Crippen LogP contribution is 2.44. The van der Waals surface area contributed by atoms with Gasteiger partial charge in [-0.15, -0.1) is 0 Å². The molecule has 0 heterocycles. The molecule has 0 radical (unpaired) electrons. The van der Waals surface area contributed by atoms with Crippen molar-refractivity contribution >= 4 is 18.0 Å². The van der Waals surface area contributed by atoms with Gasteiger partial charge in [-0.25, -0.2) is 4.79 Å². The van der Waals surface area contributed by atoms with E-state index in [0.29, 0.717) is 6.42 Å². The maximum Gasteiger partial charge on any atom is 0.407 e. The van der Waals surface area contributed by atoms with Crippen molar-refractivity contribution in [1.82, 2.24) is 10.6 Å². The van der Waals surface area contributed by atoms with Crippen LogP contribution in [0.4, 0.5) is 4.79 Å². The molecule has 2 aromatic rings. The molecule has 0 saturated carbocycles. The summed E-state index contributed by atoms with van der Waals surface area (Å²) in [5.41, 5.74) is 3.53. The van der Waals surface area contributed by atoms with Crippen LogP contribution in [0.5, 0.6) is 0 Å². The van der Waals surface area contributed by atoms with Gasteiger partial charge in [-0.05, 0) is 42.5 Å². The van der Waals surface area contributed by atoms with E-state index in [1.54, 1.807) is 13.8 Å². The van der Waals surface area contributed by atoms with Crippen LogP contribution in [0.25, 0.3) is 11.1 Å². The Kier molecular flexibility index (Phi) is 7.74. The Balaban J connectivity index is 1.56. The highest BCUT2D eigenvalue weighted by Gasteiger charge is 2.30. The average molecular weight is 453 g/mol. The maximum absolute atomic E-state index is 12.6. The van der Waals surface area contributed by atoms with E-state index in [-0.39, 0.29) is 31.4 Å². The first-order valence-electron chi connectivity index (χ1n) is 11.3. The molecule has 0 fully saturated rings. The van der Waals surface area contributed by atoms with Crippen molar-refractivity contribution < 1.29 is 24.2 Å². The molecule has 2 amide bonds. The lowest BCUT2D eigenvalue weighted by Gasteiger charge is -2.22. The highest BCUT2D eigenvalue weighted by molar-refractivity contribution is 5.80. The molecule has 1 aliphatic carbocycles. The third-order valence-electron chi connectivity index (χ3n) is 6.04. The third kappa shape index (κ3) is 5.92. The van der Waals surface area contributed by atoms with Crippen molar-refractivity contribution in [3.63, 3.8) is 0 Å². The predicted molar refractivity (Wildman–Crippen MR) is 126 cm³/mol. The fourth-order valence-corrected chi connectivity index (χ4v) is 4.07. The molecule has 7 heteroatoms. The van der Waals surface area contributed by atoms with Gasteiger partial charge < -0.3 is 20.5 Å². The van der Waals surface area contributed by atoms with Crippen LogP contribution in [0.3, 0.4) is 0 Å². The molecular weight excluding hydrogens is 420 g/mol. The predicted octanol–water partition coefficient (Wildman–Crippen LogP) is 4.31. The van der Waals surface area contributed by atoms with Crippen LogP contribution >= 0.6 is 0 Å². The Morgan fingerprint density at radius 1 is 1.03 bits per heavy atom. The second kappa shape index (κ2) is 10.5. The third-order valence-corrected chi connectivity index (χ3v) is 6.04. The first kappa shape index (κ1) is 24.3. The lowest BCUT2D eigenvalue weighted by molar-refractivity contribution is -0.146. The summed E-state index contributed by atoms with van der Waals surface area (Å²) in [7, 11) is 0. The van der Waals surface area contributed by atoms with Crippen molar-refractivity contribution in [2.75, 3.05) is 13.2 Å². The second-order valence-corrected chi connectivity index (χ2v) is 9.13. The number of hydrogen-bond donors (Lipinski definition) is 3. The number of carbonyl (C=O) groups is 3. The largest absolute Gasteiger partial charge is 0.481 e. The zero-order valence-electron chi connectivity index (χ0n) is 19.4. The fourth-order valence-electron chi connectivity index (χ4n) is 4.07. The minimum atomic E-state index is -1.06. The van der Waals surface area contributed by atoms with Crippen molar-refractivity contribution in [1.29, 1.82) is 0 Å². The molecule has 0 unspecified atom stereocenters. The van der Waals surface area contributed by atoms with Gasteiger partial charge in [0, 0.05) is 24.9 Å². The average Bonchev–Trinajstić information content (AvgIpc) is 3.10. The van der Waals surface area contributed by atoms with Crippen molar-refractivity contribution in [3.05, 3.63) is 59.7 Å². The fraction of sp³-hybridized carbons (Fsp3) is 0.423. The van der Waals surface area contributed by atoms with Gasteiger partial charge in [0.1, 0.15) is 6.61 Å². The number of alkyl carbamates (subject to hydrolysis) is 1. The molecule has 176 valence electrons. The number of carbonyl (C=O) groups excluding carboxylic acids is 2. The molecule has 0 spiro atoms. The summed E-state index contributed by atoms with van der Waals surface area (Å²) >= 11 is 0. The van der Waals surface area contributed by atoms with Crippen LogP contribution in [-0.4, -0.2) is 42.3 Å². The summed E-state index contributed by atoms with van der Waals surface area (Å²) in [4.78, 5) is 36.1. The molecule has 2 aromatic carbocycles. The molecule has 0 aromatic heterocycles. The standard InChI is InChI=1S/C26H32N2O5/c1-4-9-17(14-23(29)27-16-26(2,3)24(30)31)28-25(32)33-15-22-20-12-7-5-10-18(20)19-11-6-8-13-21(19)22/h5-8,10-13,17,22H,4,9,14-16H2,1-3H3,(H,27,29)(H,28,32)(H,30,31)/t17-/m1/s1. The Bertz CT molecular complexity index is 972. The molecule has 7 nitrogen and oxygen atoms in total. The number of rotatable bonds is 10. The molecule has 3 N–H and O–H groups in total. The normalized spacial score (nSPS) is 13.5. The maximum atomic E-state index is 12.6. The van der Waals surface area contributed by atoms with Gasteiger partial charge in [0.2, 0.25) is 5.91 Å². The van der Waals surface area contributed by atoms with E-state index >= 15 is 0 Å². The van der Waals surface area contributed by atoms with Crippen LogP contribution in [0.1, 0.15) is 57.1 Å². The van der Waals surface area contributed by atoms with E-state index in [1.165, 1.54) is 0 Å². The van der Waals surface area contributed by atoms with Gasteiger partial charge in [-0.1, -0.05) is 61.9 Å². The lowest BCUT2D eigenvalue weighted by atomic mass is 9.94. The summed E-state index contributed by atoms with van der Waals surface area (Å²) in [6, 6.07) is 15.9. The van der Waals surface area contributed by atoms with Crippen LogP contribution in [0, 0.1) is 5.41 Å². The molecule has 0 saturated heterocycles. The quantitative estimate of drug-likeness (QED) is 0.498. The van der Waals surface area contributed by atoms with E-state index in [9.17, 15) is 19.5 Å². The van der Waals surface area contributed by atoms with Gasteiger partial charge in [-0.2, -0.15) is 0 Å². The van der Waals surface area contributed by atoms with Crippen molar-refractivity contribution in [2.45, 2.75) is 52.0 Å². The topological polar surface area (TPSA) is 105 Å². The van der Waals surface area contributed by atoms with E-state index < -0.39 is 23.5 Å². The molecule has 1 aliphatic rings. The Morgan fingerprint density at radius 3 is 2.15 bits per heavy atom. The number of ether oxygens (including phenoxy) is 1. The molecule has 1 atom stereocenters. The van der Waals surface area contributed by atoms with Gasteiger partial charge >= 0.3 is 12.1 Å². The zero-order chi connectivity index (χ0) is 24.0. The first-order valence-corrected chi connectivity index (χ1v) is 11.3. The lowest BCUT2D eigenvalue weighted by Crippen LogP contribution is -2.43. The number of fused-ring (bicyclic) bond motifs is 3. The number of carboxylic acids is 1. The monoisotopic (exact) mass is 452 g/mol. The van der Waals surface area contributed by atoms with Crippen LogP contribution in [-0.2, 0) is 14.3 Å². The van der Waals surface area contributed by atoms with Crippen LogP contribution in [0.2, 0.25) is 0 Å². The van der Waals surface area contributed by atoms with Crippen molar-refractivity contribution in [2.24, 2.45) is 5.41 Å². The highest BCUT2D eigenvalue weighted by atomic mass is 16.5. The first-order chi connectivity index (χ1) is 15.7. The summed E-state index contributed by atoms with van der Waals surface area (Å²) in [5, 5.41) is 14.6. The summed E-state index contributed by atoms with van der Waals surface area (Å²) < 4.78 is 5.58. The summed E-state index contributed by atoms with van der Waals surface area (Å²) in [6.07, 6.45) is 0.893. The molecule has 0 bridgehead atoms. The molecule has 33 heavy (non-hydrogen) atoms. The zero-order valence-corrected chi connectivity index (χ0v) is 19.4. The Hall–Kier alpha value is -3.35. The smallest absolute Gasteiger partial charge is 0.407 e. The molecule has 3 rings (SSSR count). The minimum absolute atomic E-state index is 0.0188. The van der Waals surface area contributed by atoms with Crippen molar-refractivity contribution in [3.8, 4) is 11.1 Å². The van der Waals surface area contributed by atoms with E-state index in [2.05, 4.69) is 34.9 Å². The van der Waals surface area contributed by atoms with Crippen LogP contribution in [0.15, 0.2) is 48.5 Å². The van der Waals surface area contributed by atoms with E-state index in [4.69, 9.17) is 4.74 Å². The number of hydrogen-bond acceptors (Lipinski definition) is 4. The second-order valence-electron chi connectivity index (χ2n) is 9.13. The van der Waals surface area contributed by atoms with E-state index in [0.717, 1.165) is 28.7 Å². The van der Waals surface area contributed by atoms with Gasteiger partial charge in [0.05, 0.1) is 5.41 Å². The van der Waals surface area contributed by atoms with Crippen LogP contribution < -0.4 is 10.6 Å². The molecule has 0 aliphatic heterocycles. The number of aliphatic carboxylic acids is 1. The summed E-state index contributed by atoms with van der Waals surface area (Å²) in [5.74, 6) is -1.32. The van der Waals surface area contributed by atoms with Gasteiger partial charge in [0.15, 0.2) is 0 Å². The number of benzene rings is 2. The van der Waals surface area contributed by atoms with Gasteiger partial charge in [-0.3, -0.25) is 9.59 Å².